The highest BCUT2D eigenvalue weighted by Crippen LogP contribution is 2.38. The van der Waals surface area contributed by atoms with Crippen molar-refractivity contribution in [3.63, 3.8) is 0 Å². The van der Waals surface area contributed by atoms with E-state index in [0.29, 0.717) is 39.6 Å². The summed E-state index contributed by atoms with van der Waals surface area (Å²) in [7, 11) is 0. The fourth-order valence-corrected chi connectivity index (χ4v) is 4.53. The highest BCUT2D eigenvalue weighted by molar-refractivity contribution is 7.71. The maximum Gasteiger partial charge on any atom is 0.262 e. The van der Waals surface area contributed by atoms with Crippen LogP contribution in [0.2, 0.25) is 0 Å². The number of aromatic nitrogens is 2. The second kappa shape index (κ2) is 6.26. The summed E-state index contributed by atoms with van der Waals surface area (Å²) in [5.41, 5.74) is 1.06. The zero-order valence-corrected chi connectivity index (χ0v) is 14.8. The predicted octanol–water partition coefficient (Wildman–Crippen LogP) is 3.12. The van der Waals surface area contributed by atoms with Crippen molar-refractivity contribution in [2.75, 3.05) is 13.1 Å². The molecule has 2 heterocycles. The molecular formula is C19H21N3O2S. The summed E-state index contributed by atoms with van der Waals surface area (Å²) in [6.07, 6.45) is 5.41. The molecule has 2 fully saturated rings. The van der Waals surface area contributed by atoms with Crippen LogP contribution in [0.4, 0.5) is 0 Å². The van der Waals surface area contributed by atoms with Crippen LogP contribution in [0.3, 0.4) is 0 Å². The Morgan fingerprint density at radius 1 is 1.32 bits per heavy atom. The topological polar surface area (TPSA) is 58.1 Å². The molecule has 2 atom stereocenters. The van der Waals surface area contributed by atoms with Crippen molar-refractivity contribution in [2.24, 2.45) is 11.8 Å². The van der Waals surface area contributed by atoms with Gasteiger partial charge in [-0.15, -0.1) is 6.58 Å². The van der Waals surface area contributed by atoms with Gasteiger partial charge in [0.1, 0.15) is 0 Å². The highest BCUT2D eigenvalue weighted by Gasteiger charge is 2.38. The number of nitrogens with one attached hydrogen (secondary N) is 1. The number of carbonyl (C=O) groups excluding carboxylic acids is 1. The van der Waals surface area contributed by atoms with Gasteiger partial charge < -0.3 is 9.88 Å². The summed E-state index contributed by atoms with van der Waals surface area (Å²) in [6.45, 7) is 5.74. The second-order valence-electron chi connectivity index (χ2n) is 7.06. The molecule has 1 aliphatic carbocycles. The number of nitrogens with zero attached hydrogens (tertiary/aromatic N) is 2. The summed E-state index contributed by atoms with van der Waals surface area (Å²) < 4.78 is 1.81. The fourth-order valence-electron chi connectivity index (χ4n) is 4.27. The Bertz CT molecular complexity index is 963. The molecule has 1 saturated carbocycles. The van der Waals surface area contributed by atoms with E-state index in [0.717, 1.165) is 13.1 Å². The minimum Gasteiger partial charge on any atom is -0.338 e. The van der Waals surface area contributed by atoms with Gasteiger partial charge in [-0.1, -0.05) is 12.5 Å². The first-order valence-corrected chi connectivity index (χ1v) is 9.16. The molecule has 130 valence electrons. The normalized spacial score (nSPS) is 22.3. The minimum atomic E-state index is -0.159. The van der Waals surface area contributed by atoms with Crippen LogP contribution in [0.15, 0.2) is 35.6 Å². The number of fused-ring (bicyclic) bond motifs is 2. The number of hydrogen-bond donors (Lipinski definition) is 1. The third-order valence-corrected chi connectivity index (χ3v) is 5.88. The third kappa shape index (κ3) is 2.74. The molecule has 1 N–H and O–H groups in total. The Morgan fingerprint density at radius 3 is 2.72 bits per heavy atom. The van der Waals surface area contributed by atoms with Gasteiger partial charge in [-0.3, -0.25) is 14.2 Å². The number of rotatable bonds is 3. The summed E-state index contributed by atoms with van der Waals surface area (Å²) in [5, 5.41) is 0.533. The van der Waals surface area contributed by atoms with Gasteiger partial charge in [-0.25, -0.2) is 0 Å². The van der Waals surface area contributed by atoms with Gasteiger partial charge in [0.25, 0.3) is 11.5 Å². The third-order valence-electron chi connectivity index (χ3n) is 5.55. The van der Waals surface area contributed by atoms with Crippen LogP contribution in [0.5, 0.6) is 0 Å². The minimum absolute atomic E-state index is 0.0471. The predicted molar refractivity (Wildman–Crippen MR) is 100 cm³/mol. The first-order chi connectivity index (χ1) is 12.1. The van der Waals surface area contributed by atoms with Crippen molar-refractivity contribution in [3.8, 4) is 0 Å². The SMILES string of the molecule is C=CCn1c(=S)[nH]c2cc(C(=O)N3C[C@H]4CCC[C@@H]4C3)ccc2c1=O. The number of allylic oxidation sites excluding steroid dienone is 1. The van der Waals surface area contributed by atoms with E-state index in [1.807, 2.05) is 4.90 Å². The first kappa shape index (κ1) is 16.3. The van der Waals surface area contributed by atoms with Crippen molar-refractivity contribution >= 4 is 29.0 Å². The van der Waals surface area contributed by atoms with Crippen LogP contribution >= 0.6 is 12.2 Å². The lowest BCUT2D eigenvalue weighted by Crippen LogP contribution is -2.29. The van der Waals surface area contributed by atoms with Gasteiger partial charge in [-0.2, -0.15) is 0 Å². The maximum absolute atomic E-state index is 12.9. The van der Waals surface area contributed by atoms with E-state index in [4.69, 9.17) is 12.2 Å². The first-order valence-electron chi connectivity index (χ1n) is 8.75. The summed E-state index contributed by atoms with van der Waals surface area (Å²) >= 11 is 5.27. The molecule has 4 rings (SSSR count). The Kier molecular flexibility index (Phi) is 4.07. The molecule has 1 aliphatic heterocycles. The lowest BCUT2D eigenvalue weighted by Gasteiger charge is -2.17. The van der Waals surface area contributed by atoms with E-state index in [1.54, 1.807) is 24.3 Å². The van der Waals surface area contributed by atoms with Gasteiger partial charge in [0.2, 0.25) is 0 Å². The number of hydrogen-bond acceptors (Lipinski definition) is 3. The Hall–Kier alpha value is -2.21. The molecule has 1 saturated heterocycles. The van der Waals surface area contributed by atoms with Crippen molar-refractivity contribution in [1.29, 1.82) is 0 Å². The molecule has 25 heavy (non-hydrogen) atoms. The Balaban J connectivity index is 1.68. The molecular weight excluding hydrogens is 334 g/mol. The fraction of sp³-hybridized carbons (Fsp3) is 0.421. The molecule has 1 aromatic carbocycles. The summed E-state index contributed by atoms with van der Waals surface area (Å²) in [5.74, 6) is 1.38. The lowest BCUT2D eigenvalue weighted by molar-refractivity contribution is 0.0781. The average molecular weight is 355 g/mol. The standard InChI is InChI=1S/C19H21N3O2S/c1-2-8-22-18(24)15-7-6-12(9-16(15)20-19(22)25)17(23)21-10-13-4-3-5-14(13)11-21/h2,6-7,9,13-14H,1,3-5,8,10-11H2,(H,20,25)/t13-,14-/m1/s1. The van der Waals surface area contributed by atoms with Crippen molar-refractivity contribution in [1.82, 2.24) is 14.5 Å². The van der Waals surface area contributed by atoms with Crippen molar-refractivity contribution in [3.05, 3.63) is 51.5 Å². The van der Waals surface area contributed by atoms with Gasteiger partial charge in [-0.05, 0) is 55.1 Å². The van der Waals surface area contributed by atoms with E-state index in [1.165, 1.54) is 23.8 Å². The summed E-state index contributed by atoms with van der Waals surface area (Å²) in [4.78, 5) is 30.4. The van der Waals surface area contributed by atoms with Crippen LogP contribution in [-0.4, -0.2) is 33.4 Å². The molecule has 1 amide bonds. The molecule has 1 aromatic heterocycles. The smallest absolute Gasteiger partial charge is 0.262 e. The number of aromatic amines is 1. The molecule has 0 radical (unpaired) electrons. The van der Waals surface area contributed by atoms with Gasteiger partial charge >= 0.3 is 0 Å². The van der Waals surface area contributed by atoms with E-state index >= 15 is 0 Å². The van der Waals surface area contributed by atoms with Crippen LogP contribution in [0, 0.1) is 16.6 Å². The quantitative estimate of drug-likeness (QED) is 0.680. The molecule has 2 aromatic rings. The molecule has 6 heteroatoms. The number of likely N-dealkylation sites (tertiary alicyclic amines) is 1. The van der Waals surface area contributed by atoms with Gasteiger partial charge in [0.05, 0.1) is 10.9 Å². The van der Waals surface area contributed by atoms with E-state index in [9.17, 15) is 9.59 Å². The van der Waals surface area contributed by atoms with Gasteiger partial charge in [0.15, 0.2) is 4.77 Å². The van der Waals surface area contributed by atoms with E-state index in [2.05, 4.69) is 11.6 Å². The lowest BCUT2D eigenvalue weighted by atomic mass is 10.0. The van der Waals surface area contributed by atoms with Crippen LogP contribution in [0.25, 0.3) is 10.9 Å². The van der Waals surface area contributed by atoms with Gasteiger partial charge in [0, 0.05) is 25.2 Å². The molecule has 5 nitrogen and oxygen atoms in total. The number of H-pyrrole nitrogens is 1. The molecule has 0 bridgehead atoms. The second-order valence-corrected chi connectivity index (χ2v) is 7.44. The van der Waals surface area contributed by atoms with E-state index in [-0.39, 0.29) is 11.5 Å². The van der Waals surface area contributed by atoms with E-state index < -0.39 is 0 Å². The van der Waals surface area contributed by atoms with Crippen LogP contribution in [-0.2, 0) is 6.54 Å². The van der Waals surface area contributed by atoms with Crippen molar-refractivity contribution < 1.29 is 4.79 Å². The van der Waals surface area contributed by atoms with Crippen LogP contribution < -0.4 is 5.56 Å². The Morgan fingerprint density at radius 2 is 2.04 bits per heavy atom. The molecule has 0 unspecified atom stereocenters. The summed E-state index contributed by atoms with van der Waals surface area (Å²) in [6, 6.07) is 5.21. The number of benzene rings is 1. The Labute approximate surface area is 151 Å². The van der Waals surface area contributed by atoms with Crippen molar-refractivity contribution in [2.45, 2.75) is 25.8 Å². The largest absolute Gasteiger partial charge is 0.338 e. The average Bonchev–Trinajstić information content (AvgIpc) is 3.19. The number of carbonyl (C=O) groups is 1. The monoisotopic (exact) mass is 355 g/mol. The zero-order valence-electron chi connectivity index (χ0n) is 14.0. The highest BCUT2D eigenvalue weighted by atomic mass is 32.1. The molecule has 0 spiro atoms. The molecule has 2 aliphatic rings. The number of amides is 1. The zero-order chi connectivity index (χ0) is 17.6. The van der Waals surface area contributed by atoms with Crippen LogP contribution in [0.1, 0.15) is 29.6 Å². The maximum atomic E-state index is 12.9.